The van der Waals surface area contributed by atoms with Gasteiger partial charge >= 0.3 is 12.2 Å². The van der Waals surface area contributed by atoms with Gasteiger partial charge in [0.1, 0.15) is 18.4 Å². The number of fused-ring (bicyclic) bond motifs is 2. The molecular formula is C26H26F4N6O5S. The number of halogens is 4. The zero-order valence-electron chi connectivity index (χ0n) is 22.2. The van der Waals surface area contributed by atoms with Crippen LogP contribution in [0.1, 0.15) is 18.1 Å². The van der Waals surface area contributed by atoms with Crippen molar-refractivity contribution in [1.29, 1.82) is 0 Å². The maximum atomic E-state index is 13.7. The average molecular weight is 611 g/mol. The van der Waals surface area contributed by atoms with Gasteiger partial charge in [0.05, 0.1) is 22.5 Å². The average Bonchev–Trinajstić information content (AvgIpc) is 3.49. The van der Waals surface area contributed by atoms with Gasteiger partial charge in [-0.05, 0) is 36.8 Å². The topological polar surface area (TPSA) is 140 Å². The molecule has 11 nitrogen and oxygen atoms in total. The molecule has 1 unspecified atom stereocenters. The van der Waals surface area contributed by atoms with Gasteiger partial charge in [-0.25, -0.2) is 9.18 Å². The Labute approximate surface area is 238 Å². The van der Waals surface area contributed by atoms with Crippen LogP contribution in [-0.4, -0.2) is 71.0 Å². The first-order chi connectivity index (χ1) is 19.6. The largest absolute Gasteiger partial charge is 0.408 e. The van der Waals surface area contributed by atoms with E-state index in [4.69, 9.17) is 0 Å². The van der Waals surface area contributed by atoms with Gasteiger partial charge in [-0.1, -0.05) is 18.2 Å². The molecule has 1 saturated heterocycles. The number of hydrogen-bond donors (Lipinski definition) is 4. The molecule has 0 bridgehead atoms. The number of benzene rings is 2. The lowest BCUT2D eigenvalue weighted by Gasteiger charge is -2.32. The highest BCUT2D eigenvalue weighted by Gasteiger charge is 2.60. The van der Waals surface area contributed by atoms with Gasteiger partial charge in [-0.15, -0.1) is 0 Å². The lowest BCUT2D eigenvalue weighted by Crippen LogP contribution is -2.51. The number of hydrogen-bond acceptors (Lipinski definition) is 7. The molecule has 0 radical (unpaired) electrons. The zero-order valence-corrected chi connectivity index (χ0v) is 23.0. The highest BCUT2D eigenvalue weighted by molar-refractivity contribution is 8.24. The molecule has 2 aliphatic heterocycles. The quantitative estimate of drug-likeness (QED) is 0.233. The molecular weight excluding hydrogens is 584 g/mol. The summed E-state index contributed by atoms with van der Waals surface area (Å²) >= 11 is 0. The Morgan fingerprint density at radius 2 is 1.88 bits per heavy atom. The molecule has 1 fully saturated rings. The third kappa shape index (κ3) is 5.28. The molecule has 16 heteroatoms. The Morgan fingerprint density at radius 3 is 2.50 bits per heavy atom. The van der Waals surface area contributed by atoms with Crippen molar-refractivity contribution in [3.63, 3.8) is 0 Å². The molecule has 0 aliphatic carbocycles. The number of anilines is 2. The standard InChI is InChI=1S/C26H26F4N6O5S/c1-15(26(28,29)30)35(11-16-3-5-17(27)6-4-16)22(37)13-36-23(38)25(33-24(36)39)14-42(40,41)21-9-18(7-8-20(21)25)32-19-10-31-34(2)12-19/h3-10,12,15,32,40-41H,11,13-14H2,1-2H3,(H,33,39)/t15-,25?/m0/s1. The van der Waals surface area contributed by atoms with E-state index in [0.717, 1.165) is 19.1 Å². The maximum absolute atomic E-state index is 13.7. The summed E-state index contributed by atoms with van der Waals surface area (Å²) in [6.07, 6.45) is -1.61. The summed E-state index contributed by atoms with van der Waals surface area (Å²) in [5.41, 5.74) is -0.589. The normalized spacial score (nSPS) is 20.8. The van der Waals surface area contributed by atoms with Crippen LogP contribution in [0.15, 0.2) is 59.8 Å². The smallest absolute Gasteiger partial charge is 0.353 e. The highest BCUT2D eigenvalue weighted by Crippen LogP contribution is 2.62. The molecule has 2 aliphatic rings. The number of aromatic nitrogens is 2. The van der Waals surface area contributed by atoms with E-state index in [0.29, 0.717) is 21.2 Å². The van der Waals surface area contributed by atoms with Crippen LogP contribution in [0.2, 0.25) is 0 Å². The van der Waals surface area contributed by atoms with Crippen LogP contribution in [0.3, 0.4) is 0 Å². The fourth-order valence-corrected chi connectivity index (χ4v) is 7.03. The van der Waals surface area contributed by atoms with Crippen LogP contribution in [0.25, 0.3) is 0 Å². The summed E-state index contributed by atoms with van der Waals surface area (Å²) in [6.45, 7) is -0.845. The van der Waals surface area contributed by atoms with E-state index >= 15 is 0 Å². The lowest BCUT2D eigenvalue weighted by atomic mass is 9.92. The minimum Gasteiger partial charge on any atom is -0.353 e. The van der Waals surface area contributed by atoms with Crippen molar-refractivity contribution in [1.82, 2.24) is 24.9 Å². The second-order valence-corrected chi connectivity index (χ2v) is 12.2. The lowest BCUT2D eigenvalue weighted by molar-refractivity contribution is -0.187. The molecule has 1 aromatic heterocycles. The van der Waals surface area contributed by atoms with Crippen LogP contribution in [0, 0.1) is 5.82 Å². The van der Waals surface area contributed by atoms with Gasteiger partial charge in [0.2, 0.25) is 5.91 Å². The molecule has 2 atom stereocenters. The minimum absolute atomic E-state index is 0.00171. The van der Waals surface area contributed by atoms with Crippen molar-refractivity contribution in [3.05, 3.63) is 71.8 Å². The van der Waals surface area contributed by atoms with Crippen LogP contribution in [0.5, 0.6) is 0 Å². The fourth-order valence-electron chi connectivity index (χ4n) is 5.01. The Balaban J connectivity index is 1.41. The van der Waals surface area contributed by atoms with Gasteiger partial charge in [-0.2, -0.15) is 28.9 Å². The molecule has 0 saturated carbocycles. The molecule has 5 rings (SSSR count). The highest BCUT2D eigenvalue weighted by atomic mass is 32.3. The monoisotopic (exact) mass is 610 g/mol. The molecule has 1 spiro atoms. The van der Waals surface area contributed by atoms with Crippen molar-refractivity contribution >= 4 is 39.8 Å². The molecule has 3 aromatic rings. The maximum Gasteiger partial charge on any atom is 0.408 e. The first-order valence-corrected chi connectivity index (χ1v) is 14.2. The van der Waals surface area contributed by atoms with Crippen LogP contribution >= 0.6 is 10.6 Å². The zero-order chi connectivity index (χ0) is 30.6. The molecule has 224 valence electrons. The van der Waals surface area contributed by atoms with Crippen molar-refractivity contribution in [2.24, 2.45) is 7.05 Å². The van der Waals surface area contributed by atoms with Gasteiger partial charge in [0, 0.05) is 31.0 Å². The van der Waals surface area contributed by atoms with E-state index in [1.165, 1.54) is 24.3 Å². The SMILES string of the molecule is C[C@H](N(Cc1ccc(F)cc1)C(=O)CN1C(=O)NC2(CS(O)(O)c3cc(Nc4cnn(C)c4)ccc32)C1=O)C(F)(F)F. The molecule has 3 heterocycles. The number of rotatable bonds is 7. The van der Waals surface area contributed by atoms with E-state index < -0.39 is 70.9 Å². The summed E-state index contributed by atoms with van der Waals surface area (Å²) in [7, 11) is -1.89. The van der Waals surface area contributed by atoms with Crippen molar-refractivity contribution < 1.29 is 41.1 Å². The number of nitrogens with one attached hydrogen (secondary N) is 2. The molecule has 4 N–H and O–H groups in total. The third-order valence-electron chi connectivity index (χ3n) is 7.20. The number of carbonyl (C=O) groups excluding carboxylic acids is 3. The summed E-state index contributed by atoms with van der Waals surface area (Å²) in [4.78, 5) is 40.8. The molecule has 42 heavy (non-hydrogen) atoms. The summed E-state index contributed by atoms with van der Waals surface area (Å²) in [5, 5.41) is 9.53. The van der Waals surface area contributed by atoms with Crippen molar-refractivity contribution in [3.8, 4) is 0 Å². The van der Waals surface area contributed by atoms with E-state index in [1.807, 2.05) is 0 Å². The van der Waals surface area contributed by atoms with Crippen LogP contribution in [-0.2, 0) is 28.7 Å². The number of imide groups is 1. The Morgan fingerprint density at radius 1 is 1.19 bits per heavy atom. The van der Waals surface area contributed by atoms with Gasteiger partial charge in [0.15, 0.2) is 5.54 Å². The molecule has 2 aromatic carbocycles. The first-order valence-electron chi connectivity index (χ1n) is 12.5. The van der Waals surface area contributed by atoms with E-state index in [2.05, 4.69) is 15.7 Å². The Kier molecular flexibility index (Phi) is 7.19. The number of amides is 4. The second-order valence-electron chi connectivity index (χ2n) is 10.1. The summed E-state index contributed by atoms with van der Waals surface area (Å²) in [5.74, 6) is -3.42. The Bertz CT molecular complexity index is 1560. The molecule has 4 amide bonds. The van der Waals surface area contributed by atoms with Crippen molar-refractivity contribution in [2.75, 3.05) is 17.6 Å². The van der Waals surface area contributed by atoms with Gasteiger partial charge < -0.3 is 15.5 Å². The van der Waals surface area contributed by atoms with Crippen LogP contribution in [0.4, 0.5) is 33.7 Å². The number of carbonyl (C=O) groups is 3. The predicted molar refractivity (Wildman–Crippen MR) is 143 cm³/mol. The first kappa shape index (κ1) is 29.3. The second kappa shape index (κ2) is 10.3. The van der Waals surface area contributed by atoms with E-state index in [-0.39, 0.29) is 16.0 Å². The van der Waals surface area contributed by atoms with E-state index in [9.17, 15) is 41.1 Å². The van der Waals surface area contributed by atoms with E-state index in [1.54, 1.807) is 30.2 Å². The number of urea groups is 1. The fraction of sp³-hybridized carbons (Fsp3) is 0.308. The minimum atomic E-state index is -4.84. The Hall–Kier alpha value is -4.15. The third-order valence-corrected chi connectivity index (χ3v) is 9.08. The van der Waals surface area contributed by atoms with Crippen molar-refractivity contribution in [2.45, 2.75) is 36.1 Å². The summed E-state index contributed by atoms with van der Waals surface area (Å²) < 4.78 is 77.8. The van der Waals surface area contributed by atoms with Gasteiger partial charge in [-0.3, -0.25) is 28.3 Å². The predicted octanol–water partition coefficient (Wildman–Crippen LogP) is 4.15. The number of aryl methyl sites for hydroxylation is 1. The number of alkyl halides is 3. The van der Waals surface area contributed by atoms with Crippen LogP contribution < -0.4 is 10.6 Å². The summed E-state index contributed by atoms with van der Waals surface area (Å²) in [6, 6.07) is 5.55. The number of nitrogens with zero attached hydrogens (tertiary/aromatic N) is 4. The van der Waals surface area contributed by atoms with Gasteiger partial charge in [0.25, 0.3) is 5.91 Å².